The maximum absolute atomic E-state index is 6.04. The molecular weight excluding hydrogens is 250 g/mol. The highest BCUT2D eigenvalue weighted by molar-refractivity contribution is 7.22. The van der Waals surface area contributed by atoms with Gasteiger partial charge in [0.2, 0.25) is 0 Å². The number of hydrogen-bond donors (Lipinski definition) is 1. The SMILES string of the molecule is CCc1cc(-c2nc3cccnc3s2)c(N)s1. The van der Waals surface area contributed by atoms with Crippen molar-refractivity contribution in [3.05, 3.63) is 29.3 Å². The lowest BCUT2D eigenvalue weighted by atomic mass is 10.3. The molecule has 3 heterocycles. The standard InChI is InChI=1S/C12H11N3S2/c1-2-7-6-8(10(13)16-7)11-15-9-4-3-5-14-12(9)17-11/h3-6H,2,13H2,1H3. The fraction of sp³-hybridized carbons (Fsp3) is 0.167. The van der Waals surface area contributed by atoms with Gasteiger partial charge in [-0.1, -0.05) is 18.3 Å². The van der Waals surface area contributed by atoms with Crippen LogP contribution in [0.15, 0.2) is 24.4 Å². The number of nitrogen functional groups attached to an aromatic ring is 1. The van der Waals surface area contributed by atoms with E-state index in [0.29, 0.717) is 0 Å². The molecule has 5 heteroatoms. The van der Waals surface area contributed by atoms with Gasteiger partial charge in [0.1, 0.15) is 15.4 Å². The fourth-order valence-corrected chi connectivity index (χ4v) is 3.56. The molecule has 0 bridgehead atoms. The molecule has 0 aliphatic rings. The van der Waals surface area contributed by atoms with E-state index in [1.807, 2.05) is 12.1 Å². The van der Waals surface area contributed by atoms with Gasteiger partial charge in [-0.05, 0) is 24.6 Å². The van der Waals surface area contributed by atoms with Crippen LogP contribution in [0.2, 0.25) is 0 Å². The van der Waals surface area contributed by atoms with Crippen LogP contribution in [0.25, 0.3) is 20.9 Å². The lowest BCUT2D eigenvalue weighted by Crippen LogP contribution is -1.81. The Hall–Kier alpha value is -1.46. The monoisotopic (exact) mass is 261 g/mol. The van der Waals surface area contributed by atoms with E-state index in [1.54, 1.807) is 28.9 Å². The van der Waals surface area contributed by atoms with E-state index in [4.69, 9.17) is 5.73 Å². The molecule has 3 aromatic rings. The number of aromatic nitrogens is 2. The number of hydrogen-bond acceptors (Lipinski definition) is 5. The number of nitrogens with zero attached hydrogens (tertiary/aromatic N) is 2. The number of aryl methyl sites for hydroxylation is 1. The zero-order valence-corrected chi connectivity index (χ0v) is 10.9. The van der Waals surface area contributed by atoms with Crippen molar-refractivity contribution in [3.63, 3.8) is 0 Å². The topological polar surface area (TPSA) is 51.8 Å². The summed E-state index contributed by atoms with van der Waals surface area (Å²) in [5, 5.41) is 1.81. The number of fused-ring (bicyclic) bond motifs is 1. The summed E-state index contributed by atoms with van der Waals surface area (Å²) in [5.41, 5.74) is 8.03. The van der Waals surface area contributed by atoms with Crippen LogP contribution in [0.4, 0.5) is 5.00 Å². The number of rotatable bonds is 2. The van der Waals surface area contributed by atoms with Gasteiger partial charge >= 0.3 is 0 Å². The highest BCUT2D eigenvalue weighted by atomic mass is 32.1. The Balaban J connectivity index is 2.16. The Morgan fingerprint density at radius 3 is 2.94 bits per heavy atom. The summed E-state index contributed by atoms with van der Waals surface area (Å²) in [5.74, 6) is 0. The maximum atomic E-state index is 6.04. The molecule has 0 aliphatic heterocycles. The molecular formula is C12H11N3S2. The molecule has 0 aromatic carbocycles. The normalized spacial score (nSPS) is 11.1. The number of nitrogens with two attached hydrogens (primary N) is 1. The van der Waals surface area contributed by atoms with Gasteiger partial charge in [0.15, 0.2) is 0 Å². The zero-order chi connectivity index (χ0) is 11.8. The van der Waals surface area contributed by atoms with Crippen molar-refractivity contribution in [2.45, 2.75) is 13.3 Å². The summed E-state index contributed by atoms with van der Waals surface area (Å²) in [7, 11) is 0. The van der Waals surface area contributed by atoms with Crippen molar-refractivity contribution in [3.8, 4) is 10.6 Å². The average Bonchev–Trinajstić information content (AvgIpc) is 2.91. The Morgan fingerprint density at radius 1 is 1.35 bits per heavy atom. The van der Waals surface area contributed by atoms with Gasteiger partial charge in [-0.2, -0.15) is 0 Å². The predicted octanol–water partition coefficient (Wildman–Crippen LogP) is 3.56. The van der Waals surface area contributed by atoms with Crippen molar-refractivity contribution in [1.29, 1.82) is 0 Å². The lowest BCUT2D eigenvalue weighted by Gasteiger charge is -1.90. The van der Waals surface area contributed by atoms with Crippen LogP contribution in [0.3, 0.4) is 0 Å². The molecule has 86 valence electrons. The Bertz CT molecular complexity index is 636. The first-order chi connectivity index (χ1) is 8.28. The molecule has 0 amide bonds. The molecule has 0 radical (unpaired) electrons. The van der Waals surface area contributed by atoms with Crippen LogP contribution in [-0.2, 0) is 6.42 Å². The summed E-state index contributed by atoms with van der Waals surface area (Å²) in [6.07, 6.45) is 2.80. The number of anilines is 1. The van der Waals surface area contributed by atoms with Gasteiger partial charge in [-0.3, -0.25) is 0 Å². The first-order valence-corrected chi connectivity index (χ1v) is 7.01. The van der Waals surface area contributed by atoms with Crippen molar-refractivity contribution in [1.82, 2.24) is 9.97 Å². The van der Waals surface area contributed by atoms with E-state index >= 15 is 0 Å². The second-order valence-electron chi connectivity index (χ2n) is 3.69. The largest absolute Gasteiger partial charge is 0.390 e. The molecule has 0 aliphatic carbocycles. The molecule has 3 nitrogen and oxygen atoms in total. The average molecular weight is 261 g/mol. The highest BCUT2D eigenvalue weighted by Gasteiger charge is 2.12. The quantitative estimate of drug-likeness (QED) is 0.767. The molecule has 17 heavy (non-hydrogen) atoms. The molecule has 0 fully saturated rings. The van der Waals surface area contributed by atoms with Crippen LogP contribution < -0.4 is 5.73 Å². The van der Waals surface area contributed by atoms with E-state index in [0.717, 1.165) is 32.3 Å². The van der Waals surface area contributed by atoms with Gasteiger partial charge in [-0.15, -0.1) is 11.3 Å². The lowest BCUT2D eigenvalue weighted by molar-refractivity contribution is 1.19. The molecule has 0 spiro atoms. The summed E-state index contributed by atoms with van der Waals surface area (Å²) >= 11 is 3.24. The second kappa shape index (κ2) is 4.09. The van der Waals surface area contributed by atoms with Gasteiger partial charge in [0.25, 0.3) is 0 Å². The molecule has 0 atom stereocenters. The molecule has 3 rings (SSSR count). The maximum Gasteiger partial charge on any atom is 0.143 e. The van der Waals surface area contributed by atoms with E-state index < -0.39 is 0 Å². The molecule has 2 N–H and O–H groups in total. The minimum absolute atomic E-state index is 0.848. The minimum atomic E-state index is 0.848. The van der Waals surface area contributed by atoms with Crippen LogP contribution in [0.5, 0.6) is 0 Å². The molecule has 0 unspecified atom stereocenters. The van der Waals surface area contributed by atoms with Gasteiger partial charge in [-0.25, -0.2) is 9.97 Å². The van der Waals surface area contributed by atoms with Crippen LogP contribution in [-0.4, -0.2) is 9.97 Å². The van der Waals surface area contributed by atoms with E-state index in [9.17, 15) is 0 Å². The van der Waals surface area contributed by atoms with Crippen LogP contribution in [0.1, 0.15) is 11.8 Å². The van der Waals surface area contributed by atoms with E-state index in [2.05, 4.69) is 23.0 Å². The third kappa shape index (κ3) is 1.81. The van der Waals surface area contributed by atoms with Gasteiger partial charge in [0.05, 0.1) is 5.00 Å². The zero-order valence-electron chi connectivity index (χ0n) is 9.30. The van der Waals surface area contributed by atoms with Crippen LogP contribution >= 0.6 is 22.7 Å². The molecule has 0 saturated heterocycles. The summed E-state index contributed by atoms with van der Waals surface area (Å²) in [6.45, 7) is 2.13. The van der Waals surface area contributed by atoms with Crippen molar-refractivity contribution >= 4 is 38.0 Å². The predicted molar refractivity (Wildman–Crippen MR) is 74.5 cm³/mol. The smallest absolute Gasteiger partial charge is 0.143 e. The summed E-state index contributed by atoms with van der Waals surface area (Å²) in [6, 6.07) is 6.02. The van der Waals surface area contributed by atoms with Gasteiger partial charge in [0, 0.05) is 16.6 Å². The third-order valence-electron chi connectivity index (χ3n) is 2.56. The number of thiophene rings is 1. The van der Waals surface area contributed by atoms with E-state index in [-0.39, 0.29) is 0 Å². The first-order valence-electron chi connectivity index (χ1n) is 5.38. The van der Waals surface area contributed by atoms with Crippen LogP contribution in [0, 0.1) is 0 Å². The molecule has 0 saturated carbocycles. The summed E-state index contributed by atoms with van der Waals surface area (Å²) in [4.78, 5) is 11.1. The first kappa shape index (κ1) is 10.7. The summed E-state index contributed by atoms with van der Waals surface area (Å²) < 4.78 is 0. The number of thiazole rings is 1. The Morgan fingerprint density at radius 2 is 2.24 bits per heavy atom. The van der Waals surface area contributed by atoms with E-state index in [1.165, 1.54) is 4.88 Å². The molecule has 3 aromatic heterocycles. The van der Waals surface area contributed by atoms with Crippen molar-refractivity contribution in [2.75, 3.05) is 5.73 Å². The second-order valence-corrected chi connectivity index (χ2v) is 5.84. The van der Waals surface area contributed by atoms with Crippen molar-refractivity contribution < 1.29 is 0 Å². The Labute approximate surface area is 107 Å². The number of pyridine rings is 1. The van der Waals surface area contributed by atoms with Crippen molar-refractivity contribution in [2.24, 2.45) is 0 Å². The third-order valence-corrected chi connectivity index (χ3v) is 4.68. The van der Waals surface area contributed by atoms with Gasteiger partial charge < -0.3 is 5.73 Å². The fourth-order valence-electron chi connectivity index (χ4n) is 1.68. The Kier molecular flexibility index (Phi) is 2.57. The minimum Gasteiger partial charge on any atom is -0.390 e. The highest BCUT2D eigenvalue weighted by Crippen LogP contribution is 2.37.